The zero-order valence-corrected chi connectivity index (χ0v) is 15.6. The highest BCUT2D eigenvalue weighted by atomic mass is 16.5. The highest BCUT2D eigenvalue weighted by molar-refractivity contribution is 5.37. The molecule has 2 heteroatoms. The smallest absolute Gasteiger partial charge is 0.120 e. The highest BCUT2D eigenvalue weighted by Gasteiger charge is 2.38. The summed E-state index contributed by atoms with van der Waals surface area (Å²) < 4.78 is 6.65. The second-order valence-electron chi connectivity index (χ2n) is 7.28. The molecular weight excluding hydrogens is 306 g/mol. The number of benzene rings is 2. The second-order valence-corrected chi connectivity index (χ2v) is 7.28. The van der Waals surface area contributed by atoms with E-state index in [9.17, 15) is 0 Å². The van der Waals surface area contributed by atoms with Gasteiger partial charge in [-0.05, 0) is 36.9 Å². The van der Waals surface area contributed by atoms with Crippen LogP contribution in [0.15, 0.2) is 60.7 Å². The maximum absolute atomic E-state index is 6.65. The number of hydrogen-bond acceptors (Lipinski definition) is 2. The topological polar surface area (TPSA) is 21.3 Å². The first-order chi connectivity index (χ1) is 12.3. The monoisotopic (exact) mass is 337 g/mol. The quantitative estimate of drug-likeness (QED) is 0.648. The Hall–Kier alpha value is -1.64. The molecule has 2 aromatic carbocycles. The van der Waals surface area contributed by atoms with E-state index in [4.69, 9.17) is 4.74 Å². The first-order valence-electron chi connectivity index (χ1n) is 9.70. The molecule has 0 saturated heterocycles. The predicted molar refractivity (Wildman–Crippen MR) is 105 cm³/mol. The lowest BCUT2D eigenvalue weighted by atomic mass is 9.80. The van der Waals surface area contributed by atoms with Crippen LogP contribution in [0.4, 0.5) is 0 Å². The van der Waals surface area contributed by atoms with Crippen molar-refractivity contribution in [2.75, 3.05) is 13.7 Å². The summed E-state index contributed by atoms with van der Waals surface area (Å²) in [6, 6.07) is 22.0. The van der Waals surface area contributed by atoms with Gasteiger partial charge in [0.1, 0.15) is 5.60 Å². The van der Waals surface area contributed by atoms with Crippen LogP contribution in [0.2, 0.25) is 0 Å². The van der Waals surface area contributed by atoms with Crippen LogP contribution in [0.25, 0.3) is 0 Å². The van der Waals surface area contributed by atoms with Gasteiger partial charge in [-0.1, -0.05) is 80.4 Å². The fourth-order valence-corrected chi connectivity index (χ4v) is 3.73. The van der Waals surface area contributed by atoms with Crippen LogP contribution in [0.3, 0.4) is 0 Å². The van der Waals surface area contributed by atoms with Gasteiger partial charge in [0, 0.05) is 19.1 Å². The Bertz CT molecular complexity index is 582. The fourth-order valence-electron chi connectivity index (χ4n) is 3.73. The predicted octanol–water partition coefficient (Wildman–Crippen LogP) is 5.14. The first kappa shape index (κ1) is 18.2. The van der Waals surface area contributed by atoms with Gasteiger partial charge in [-0.2, -0.15) is 0 Å². The molecule has 25 heavy (non-hydrogen) atoms. The van der Waals surface area contributed by atoms with Gasteiger partial charge in [-0.3, -0.25) is 0 Å². The van der Waals surface area contributed by atoms with Gasteiger partial charge >= 0.3 is 0 Å². The zero-order chi connectivity index (χ0) is 17.5. The van der Waals surface area contributed by atoms with E-state index in [0.29, 0.717) is 6.04 Å². The Morgan fingerprint density at radius 1 is 1.00 bits per heavy atom. The van der Waals surface area contributed by atoms with Crippen LogP contribution in [-0.4, -0.2) is 19.7 Å². The molecule has 0 aliphatic heterocycles. The summed E-state index contributed by atoms with van der Waals surface area (Å²) in [6.07, 6.45) is 6.00. The fraction of sp³-hybridized carbons (Fsp3) is 0.478. The van der Waals surface area contributed by atoms with Crippen molar-refractivity contribution in [2.24, 2.45) is 5.92 Å². The van der Waals surface area contributed by atoms with E-state index in [-0.39, 0.29) is 5.60 Å². The van der Waals surface area contributed by atoms with Gasteiger partial charge in [0.2, 0.25) is 0 Å². The lowest BCUT2D eigenvalue weighted by Crippen LogP contribution is -2.40. The van der Waals surface area contributed by atoms with Crippen molar-refractivity contribution in [1.29, 1.82) is 0 Å². The lowest BCUT2D eigenvalue weighted by Gasteiger charge is -2.38. The van der Waals surface area contributed by atoms with E-state index in [0.717, 1.165) is 25.4 Å². The van der Waals surface area contributed by atoms with E-state index in [2.05, 4.69) is 80.0 Å². The Labute approximate surface area is 152 Å². The summed E-state index contributed by atoms with van der Waals surface area (Å²) in [7, 11) is 2.09. The molecule has 0 amide bonds. The molecule has 1 saturated carbocycles. The molecule has 0 aromatic heterocycles. The van der Waals surface area contributed by atoms with Crippen LogP contribution >= 0.6 is 0 Å². The van der Waals surface area contributed by atoms with E-state index in [1.165, 1.54) is 30.4 Å². The van der Waals surface area contributed by atoms with Crippen molar-refractivity contribution in [3.8, 4) is 0 Å². The van der Waals surface area contributed by atoms with E-state index >= 15 is 0 Å². The third kappa shape index (κ3) is 4.50. The standard InChI is InChI=1S/C23H31NO/c1-3-16-25-23(20-10-6-4-7-11-20,21-12-8-5-9-13-21)18-22(24-2)17-19-14-15-19/h4-13,19,22,24H,3,14-18H2,1-2H3. The summed E-state index contributed by atoms with van der Waals surface area (Å²) in [4.78, 5) is 0. The number of rotatable bonds is 10. The minimum Gasteiger partial charge on any atom is -0.365 e. The second kappa shape index (κ2) is 8.64. The van der Waals surface area contributed by atoms with Crippen LogP contribution < -0.4 is 5.32 Å². The molecule has 1 fully saturated rings. The molecule has 134 valence electrons. The Balaban J connectivity index is 2.00. The van der Waals surface area contributed by atoms with E-state index < -0.39 is 0 Å². The van der Waals surface area contributed by atoms with Crippen LogP contribution in [0.1, 0.15) is 50.2 Å². The molecule has 3 rings (SSSR count). The van der Waals surface area contributed by atoms with Crippen molar-refractivity contribution in [1.82, 2.24) is 5.32 Å². The summed E-state index contributed by atoms with van der Waals surface area (Å²) in [5, 5.41) is 3.56. The molecule has 1 aliphatic carbocycles. The maximum atomic E-state index is 6.65. The Morgan fingerprint density at radius 3 is 2.00 bits per heavy atom. The maximum Gasteiger partial charge on any atom is 0.120 e. The average Bonchev–Trinajstić information content (AvgIpc) is 3.50. The molecule has 1 unspecified atom stereocenters. The molecule has 0 spiro atoms. The van der Waals surface area contributed by atoms with Gasteiger partial charge in [-0.15, -0.1) is 0 Å². The number of hydrogen-bond donors (Lipinski definition) is 1. The van der Waals surface area contributed by atoms with Crippen molar-refractivity contribution < 1.29 is 4.74 Å². The summed E-state index contributed by atoms with van der Waals surface area (Å²) in [5.74, 6) is 0.896. The molecule has 1 atom stereocenters. The molecular formula is C23H31NO. The summed E-state index contributed by atoms with van der Waals surface area (Å²) in [6.45, 7) is 2.95. The lowest BCUT2D eigenvalue weighted by molar-refractivity contribution is -0.0317. The summed E-state index contributed by atoms with van der Waals surface area (Å²) in [5.41, 5.74) is 2.12. The summed E-state index contributed by atoms with van der Waals surface area (Å²) >= 11 is 0. The molecule has 0 bridgehead atoms. The normalized spacial score (nSPS) is 15.9. The molecule has 2 nitrogen and oxygen atoms in total. The molecule has 1 N–H and O–H groups in total. The van der Waals surface area contributed by atoms with Crippen LogP contribution in [0.5, 0.6) is 0 Å². The molecule has 0 heterocycles. The van der Waals surface area contributed by atoms with Crippen molar-refractivity contribution in [2.45, 2.75) is 50.7 Å². The van der Waals surface area contributed by atoms with Gasteiger partial charge in [-0.25, -0.2) is 0 Å². The highest BCUT2D eigenvalue weighted by Crippen LogP contribution is 2.41. The van der Waals surface area contributed by atoms with Gasteiger partial charge in [0.25, 0.3) is 0 Å². The third-order valence-corrected chi connectivity index (χ3v) is 5.29. The Kier molecular flexibility index (Phi) is 6.28. The minimum atomic E-state index is -0.388. The molecule has 2 aromatic rings. The van der Waals surface area contributed by atoms with Crippen LogP contribution in [0, 0.1) is 5.92 Å². The Morgan fingerprint density at radius 2 is 1.56 bits per heavy atom. The largest absolute Gasteiger partial charge is 0.365 e. The SMILES string of the molecule is CCCOC(CC(CC1CC1)NC)(c1ccccc1)c1ccccc1. The number of nitrogens with one attached hydrogen (secondary N) is 1. The molecule has 1 aliphatic rings. The van der Waals surface area contributed by atoms with Crippen molar-refractivity contribution >= 4 is 0 Å². The van der Waals surface area contributed by atoms with Crippen molar-refractivity contribution in [3.63, 3.8) is 0 Å². The molecule has 0 radical (unpaired) electrons. The first-order valence-corrected chi connectivity index (χ1v) is 9.70. The minimum absolute atomic E-state index is 0.388. The third-order valence-electron chi connectivity index (χ3n) is 5.29. The van der Waals surface area contributed by atoms with E-state index in [1.807, 2.05) is 0 Å². The van der Waals surface area contributed by atoms with Crippen molar-refractivity contribution in [3.05, 3.63) is 71.8 Å². The number of ether oxygens (including phenoxy) is 1. The average molecular weight is 338 g/mol. The van der Waals surface area contributed by atoms with Gasteiger partial charge in [0.15, 0.2) is 0 Å². The van der Waals surface area contributed by atoms with Gasteiger partial charge < -0.3 is 10.1 Å². The van der Waals surface area contributed by atoms with E-state index in [1.54, 1.807) is 0 Å². The zero-order valence-electron chi connectivity index (χ0n) is 15.6. The van der Waals surface area contributed by atoms with Gasteiger partial charge in [0.05, 0.1) is 0 Å². The van der Waals surface area contributed by atoms with Crippen LogP contribution in [-0.2, 0) is 10.3 Å².